The summed E-state index contributed by atoms with van der Waals surface area (Å²) < 4.78 is 21.0. The van der Waals surface area contributed by atoms with Gasteiger partial charge in [0.1, 0.15) is 48.9 Å². The van der Waals surface area contributed by atoms with Gasteiger partial charge in [-0.05, 0) is 86.1 Å². The number of rotatable bonds is 2. The molecule has 8 nitrogen and oxygen atoms in total. The van der Waals surface area contributed by atoms with Gasteiger partial charge in [-0.2, -0.15) is 0 Å². The second-order valence-electron chi connectivity index (χ2n) is 14.7. The summed E-state index contributed by atoms with van der Waals surface area (Å²) in [6.07, 6.45) is 6.72. The molecule has 8 heteroatoms. The van der Waals surface area contributed by atoms with E-state index in [-0.39, 0.29) is 39.1 Å². The van der Waals surface area contributed by atoms with E-state index in [4.69, 9.17) is 19.7 Å². The normalized spacial score (nSPS) is 20.1. The molecule has 0 saturated heterocycles. The van der Waals surface area contributed by atoms with Crippen molar-refractivity contribution in [3.05, 3.63) is 168 Å². The molecule has 4 aliphatic rings. The molecule has 2 aromatic heterocycles. The number of hydrogen-bond acceptors (Lipinski definition) is 4. The van der Waals surface area contributed by atoms with Crippen LogP contribution in [-0.4, -0.2) is 31.8 Å². The first-order chi connectivity index (χ1) is 24.2. The van der Waals surface area contributed by atoms with Crippen LogP contribution < -0.4 is 9.13 Å². The highest BCUT2D eigenvalue weighted by Gasteiger charge is 2.44. The Kier molecular flexibility index (Phi) is 9.26. The Bertz CT molecular complexity index is 2090. The molecule has 0 saturated carbocycles. The van der Waals surface area contributed by atoms with E-state index in [0.717, 1.165) is 24.5 Å². The van der Waals surface area contributed by atoms with Gasteiger partial charge in [-0.25, -0.2) is 9.13 Å². The van der Waals surface area contributed by atoms with Crippen LogP contribution >= 0.6 is 0 Å². The Hall–Kier alpha value is -4.92. The number of hydrogen-bond donors (Lipinski definition) is 0. The van der Waals surface area contributed by atoms with Crippen LogP contribution in [-0.2, 0) is 35.5 Å². The Morgan fingerprint density at radius 3 is 1.31 bits per heavy atom. The summed E-state index contributed by atoms with van der Waals surface area (Å²) in [6, 6.07) is 26.7. The van der Waals surface area contributed by atoms with Gasteiger partial charge >= 0.3 is 11.6 Å². The zero-order valence-electron chi connectivity index (χ0n) is 31.7. The van der Waals surface area contributed by atoms with Crippen molar-refractivity contribution in [3.63, 3.8) is 0 Å². The average Bonchev–Trinajstić information content (AvgIpc) is 3.85. The van der Waals surface area contributed by atoms with Crippen LogP contribution in [0.25, 0.3) is 11.4 Å². The average molecular weight is 695 g/mol. The zero-order valence-corrected chi connectivity index (χ0v) is 31.7. The number of benzene rings is 4. The first-order valence-corrected chi connectivity index (χ1v) is 17.8. The van der Waals surface area contributed by atoms with Crippen LogP contribution in [0.15, 0.2) is 85.5 Å². The molecule has 52 heavy (non-hydrogen) atoms. The molecular formula is C44H50N6O2. The van der Waals surface area contributed by atoms with E-state index in [1.54, 1.807) is 0 Å². The molecule has 6 aromatic rings. The van der Waals surface area contributed by atoms with Crippen molar-refractivity contribution in [1.82, 2.24) is 19.6 Å². The van der Waals surface area contributed by atoms with Crippen LogP contribution in [0.1, 0.15) is 79.4 Å². The minimum atomic E-state index is 0. The Morgan fingerprint density at radius 2 is 0.923 bits per heavy atom. The van der Waals surface area contributed by atoms with Crippen molar-refractivity contribution in [3.8, 4) is 11.4 Å². The summed E-state index contributed by atoms with van der Waals surface area (Å²) >= 11 is 0. The Balaban J connectivity index is 0.000000156. The predicted molar refractivity (Wildman–Crippen MR) is 202 cm³/mol. The molecule has 2 aliphatic carbocycles. The Morgan fingerprint density at radius 1 is 0.558 bits per heavy atom. The Labute approximate surface area is 308 Å². The van der Waals surface area contributed by atoms with Crippen molar-refractivity contribution in [2.24, 2.45) is 0 Å². The third kappa shape index (κ3) is 5.78. The maximum Gasteiger partial charge on any atom is 0.304 e. The molecule has 4 unspecified atom stereocenters. The van der Waals surface area contributed by atoms with Gasteiger partial charge in [0.15, 0.2) is 0 Å². The van der Waals surface area contributed by atoms with Crippen LogP contribution in [0.5, 0.6) is 0 Å². The number of nitrogens with zero attached hydrogens (tertiary/aromatic N) is 6. The maximum atomic E-state index is 6.14. The van der Waals surface area contributed by atoms with E-state index in [2.05, 4.69) is 136 Å². The molecule has 0 bridgehead atoms. The van der Waals surface area contributed by atoms with Crippen molar-refractivity contribution in [2.45, 2.75) is 91.9 Å². The lowest BCUT2D eigenvalue weighted by Crippen LogP contribution is -2.51. The van der Waals surface area contributed by atoms with E-state index in [9.17, 15) is 0 Å². The molecule has 0 spiro atoms. The standard InChI is InChI=1S/2C21H22N3O.2CH3/c2*1-13-8-14(2)20(15(3)9-13)24-12-23-19(22-24)11-25-18-10-16-6-4-5-7-17(16)21(18)23;;/h2*4-9,12,18,21H,10-11H2,1-3H3;2*1H3/q2*+1;2*-1. The summed E-state index contributed by atoms with van der Waals surface area (Å²) in [5.74, 6) is 2.00. The van der Waals surface area contributed by atoms with Gasteiger partial charge in [0, 0.05) is 23.0 Å². The van der Waals surface area contributed by atoms with Crippen molar-refractivity contribution >= 4 is 0 Å². The van der Waals surface area contributed by atoms with Gasteiger partial charge in [0.05, 0.1) is 0 Å². The lowest BCUT2D eigenvalue weighted by Gasteiger charge is -2.23. The van der Waals surface area contributed by atoms with Crippen LogP contribution in [0.2, 0.25) is 0 Å². The number of ether oxygens (including phenoxy) is 2. The molecule has 0 amide bonds. The molecule has 4 atom stereocenters. The van der Waals surface area contributed by atoms with E-state index in [1.165, 1.54) is 67.0 Å². The summed E-state index contributed by atoms with van der Waals surface area (Å²) in [4.78, 5) is 0. The topological polar surface area (TPSA) is 61.9 Å². The third-order valence-corrected chi connectivity index (χ3v) is 11.0. The van der Waals surface area contributed by atoms with Crippen molar-refractivity contribution in [1.29, 1.82) is 0 Å². The molecule has 2 aliphatic heterocycles. The SMILES string of the molecule is Cc1cc(C)c(-n2c[n+]3c(n2)COC2Cc4ccccc4C23)c(C)c1.Cc1cc(C)c(-n2c[n+]3c(n2)COC2Cc4ccccc4C23)c(C)c1.[CH3-].[CH3-]. The van der Waals surface area contributed by atoms with Gasteiger partial charge in [-0.15, -0.1) is 0 Å². The largest absolute Gasteiger partial charge is 0.363 e. The first-order valence-electron chi connectivity index (χ1n) is 17.8. The maximum absolute atomic E-state index is 6.14. The fourth-order valence-electron chi connectivity index (χ4n) is 9.12. The number of aryl methyl sites for hydroxylation is 6. The van der Waals surface area contributed by atoms with Crippen LogP contribution in [0, 0.1) is 56.4 Å². The minimum absolute atomic E-state index is 0. The van der Waals surface area contributed by atoms with Gasteiger partial charge < -0.3 is 24.3 Å². The molecule has 10 rings (SSSR count). The van der Waals surface area contributed by atoms with E-state index < -0.39 is 0 Å². The van der Waals surface area contributed by atoms with Gasteiger partial charge in [0.25, 0.3) is 0 Å². The van der Waals surface area contributed by atoms with E-state index >= 15 is 0 Å². The van der Waals surface area contributed by atoms with Crippen LogP contribution in [0.3, 0.4) is 0 Å². The van der Waals surface area contributed by atoms with E-state index in [1.807, 2.05) is 9.36 Å². The second kappa shape index (κ2) is 13.6. The molecular weight excluding hydrogens is 645 g/mol. The highest BCUT2D eigenvalue weighted by Crippen LogP contribution is 2.37. The molecule has 4 aromatic carbocycles. The molecule has 0 fully saturated rings. The molecule has 4 heterocycles. The summed E-state index contributed by atoms with van der Waals surface area (Å²) in [5.41, 5.74) is 15.5. The monoisotopic (exact) mass is 694 g/mol. The molecule has 0 radical (unpaired) electrons. The number of fused-ring (bicyclic) bond motifs is 10. The van der Waals surface area contributed by atoms with Crippen molar-refractivity contribution in [2.75, 3.05) is 0 Å². The highest BCUT2D eigenvalue weighted by molar-refractivity contribution is 5.49. The quantitative estimate of drug-likeness (QED) is 0.143. The highest BCUT2D eigenvalue weighted by atomic mass is 16.5. The minimum Gasteiger partial charge on any atom is -0.363 e. The predicted octanol–water partition coefficient (Wildman–Crippen LogP) is 7.16. The first kappa shape index (κ1) is 35.5. The second-order valence-corrected chi connectivity index (χ2v) is 14.7. The summed E-state index contributed by atoms with van der Waals surface area (Å²) in [6.45, 7) is 14.1. The van der Waals surface area contributed by atoms with Crippen LogP contribution in [0.4, 0.5) is 0 Å². The summed E-state index contributed by atoms with van der Waals surface area (Å²) in [7, 11) is 0. The lowest BCUT2D eigenvalue weighted by molar-refractivity contribution is -0.739. The fraction of sp³-hybridized carbons (Fsp3) is 0.318. The zero-order chi connectivity index (χ0) is 34.3. The molecule has 268 valence electrons. The molecule has 0 N–H and O–H groups in total. The third-order valence-electron chi connectivity index (χ3n) is 11.0. The fourth-order valence-corrected chi connectivity index (χ4v) is 9.12. The lowest BCUT2D eigenvalue weighted by atomic mass is 10.1. The number of aromatic nitrogens is 6. The summed E-state index contributed by atoms with van der Waals surface area (Å²) in [5, 5.41) is 9.72. The van der Waals surface area contributed by atoms with Gasteiger partial charge in [-0.1, -0.05) is 93.3 Å². The van der Waals surface area contributed by atoms with Gasteiger partial charge in [0.2, 0.25) is 12.7 Å². The van der Waals surface area contributed by atoms with Gasteiger partial charge in [-0.3, -0.25) is 0 Å². The van der Waals surface area contributed by atoms with Crippen molar-refractivity contribution < 1.29 is 18.6 Å². The smallest absolute Gasteiger partial charge is 0.304 e. The van der Waals surface area contributed by atoms with E-state index in [0.29, 0.717) is 13.2 Å².